The lowest BCUT2D eigenvalue weighted by Gasteiger charge is -2.11. The number of rotatable bonds is 5. The van der Waals surface area contributed by atoms with Crippen molar-refractivity contribution in [1.82, 2.24) is 0 Å². The largest absolute Gasteiger partial charge is 0.192 e. The van der Waals surface area contributed by atoms with Crippen molar-refractivity contribution in [1.29, 1.82) is 5.26 Å². The van der Waals surface area contributed by atoms with Crippen LogP contribution in [0.15, 0.2) is 176 Å². The third-order valence-electron chi connectivity index (χ3n) is 10.1. The lowest BCUT2D eigenvalue weighted by Crippen LogP contribution is -1.87. The van der Waals surface area contributed by atoms with Crippen LogP contribution < -0.4 is 0 Å². The number of fused-ring (bicyclic) bond motifs is 6. The van der Waals surface area contributed by atoms with Crippen LogP contribution >= 0.6 is 22.7 Å². The highest BCUT2D eigenvalue weighted by Crippen LogP contribution is 2.42. The van der Waals surface area contributed by atoms with Crippen molar-refractivity contribution in [2.24, 2.45) is 0 Å². The maximum absolute atomic E-state index is 10.1. The van der Waals surface area contributed by atoms with Gasteiger partial charge in [0.05, 0.1) is 11.6 Å². The number of nitrogens with zero attached hydrogens (tertiary/aromatic N) is 1. The molecule has 0 atom stereocenters. The Morgan fingerprint density at radius 1 is 0.327 bits per heavy atom. The number of hydrogen-bond acceptors (Lipinski definition) is 3. The molecule has 3 heteroatoms. The smallest absolute Gasteiger partial charge is 0.0992 e. The summed E-state index contributed by atoms with van der Waals surface area (Å²) in [5, 5.41) is 15.3. The van der Waals surface area contributed by atoms with Gasteiger partial charge in [0, 0.05) is 40.3 Å². The van der Waals surface area contributed by atoms with Crippen molar-refractivity contribution in [2.45, 2.75) is 0 Å². The van der Waals surface area contributed by atoms with Gasteiger partial charge in [0.2, 0.25) is 0 Å². The van der Waals surface area contributed by atoms with Gasteiger partial charge in [-0.2, -0.15) is 5.26 Å². The summed E-state index contributed by atoms with van der Waals surface area (Å²) < 4.78 is 5.25. The molecule has 0 aliphatic carbocycles. The van der Waals surface area contributed by atoms with Crippen LogP contribution in [0.5, 0.6) is 0 Å². The number of thiophene rings is 2. The summed E-state index contributed by atoms with van der Waals surface area (Å²) in [5.41, 5.74) is 12.1. The van der Waals surface area contributed by atoms with E-state index in [-0.39, 0.29) is 0 Å². The second kappa shape index (κ2) is 12.5. The standard InChI is InChI=1S/C49H29NS2/c50-30-31-25-38(29-39(26-31)35-10-6-12-37(28-35)41-16-8-18-45-43-14-2-4-20-47(43)52-49(41)45)33-23-21-32(22-24-33)34-9-5-11-36(27-34)40-15-7-17-44-42-13-1-3-19-46(42)51-48(40)44/h1-29H. The second-order valence-corrected chi connectivity index (χ2v) is 15.3. The molecular weight excluding hydrogens is 667 g/mol. The molecule has 1 nitrogen and oxygen atoms in total. The van der Waals surface area contributed by atoms with Crippen LogP contribution in [0.1, 0.15) is 5.56 Å². The number of hydrogen-bond donors (Lipinski definition) is 0. The number of nitriles is 1. The molecule has 0 radical (unpaired) electrons. The zero-order valence-corrected chi connectivity index (χ0v) is 29.6. The van der Waals surface area contributed by atoms with Gasteiger partial charge >= 0.3 is 0 Å². The average molecular weight is 696 g/mol. The average Bonchev–Trinajstić information content (AvgIpc) is 3.80. The molecule has 0 fully saturated rings. The molecule has 2 heterocycles. The molecule has 0 bridgehead atoms. The summed E-state index contributed by atoms with van der Waals surface area (Å²) >= 11 is 3.71. The fraction of sp³-hybridized carbons (Fsp3) is 0. The van der Waals surface area contributed by atoms with Gasteiger partial charge in [-0.1, -0.05) is 133 Å². The lowest BCUT2D eigenvalue weighted by atomic mass is 9.93. The second-order valence-electron chi connectivity index (χ2n) is 13.2. The van der Waals surface area contributed by atoms with Gasteiger partial charge in [0.25, 0.3) is 0 Å². The Labute approximate surface area is 309 Å². The molecule has 0 N–H and O–H groups in total. The minimum Gasteiger partial charge on any atom is -0.192 e. The Balaban J connectivity index is 0.988. The molecule has 242 valence electrons. The summed E-state index contributed by atoms with van der Waals surface area (Å²) in [4.78, 5) is 0. The van der Waals surface area contributed by atoms with E-state index in [2.05, 4.69) is 170 Å². The van der Waals surface area contributed by atoms with Crippen molar-refractivity contribution in [2.75, 3.05) is 0 Å². The van der Waals surface area contributed by atoms with Crippen molar-refractivity contribution in [3.8, 4) is 61.7 Å². The van der Waals surface area contributed by atoms with Gasteiger partial charge in [0.1, 0.15) is 0 Å². The van der Waals surface area contributed by atoms with Crippen molar-refractivity contribution < 1.29 is 0 Å². The first-order valence-corrected chi connectivity index (χ1v) is 19.0. The molecule has 2 aromatic heterocycles. The summed E-state index contributed by atoms with van der Waals surface area (Å²) in [5.74, 6) is 0. The van der Waals surface area contributed by atoms with E-state index < -0.39 is 0 Å². The Morgan fingerprint density at radius 3 is 1.27 bits per heavy atom. The van der Waals surface area contributed by atoms with Crippen LogP contribution in [0.2, 0.25) is 0 Å². The summed E-state index contributed by atoms with van der Waals surface area (Å²) in [6, 6.07) is 65.5. The first kappa shape index (κ1) is 30.5. The third-order valence-corrected chi connectivity index (χ3v) is 12.5. The minimum absolute atomic E-state index is 0.650. The molecule has 0 amide bonds. The van der Waals surface area contributed by atoms with E-state index in [0.29, 0.717) is 5.56 Å². The molecule has 0 saturated carbocycles. The first-order chi connectivity index (χ1) is 25.7. The minimum atomic E-state index is 0.650. The molecule has 0 saturated heterocycles. The Morgan fingerprint density at radius 2 is 0.731 bits per heavy atom. The predicted molar refractivity (Wildman–Crippen MR) is 224 cm³/mol. The highest BCUT2D eigenvalue weighted by atomic mass is 32.1. The Bertz CT molecular complexity index is 3030. The molecule has 0 aliphatic rings. The van der Waals surface area contributed by atoms with Gasteiger partial charge in [-0.3, -0.25) is 0 Å². The molecule has 0 unspecified atom stereocenters. The van der Waals surface area contributed by atoms with Gasteiger partial charge in [-0.05, 0) is 98.1 Å². The number of benzene rings is 8. The topological polar surface area (TPSA) is 23.8 Å². The molecule has 10 rings (SSSR count). The van der Waals surface area contributed by atoms with Gasteiger partial charge in [-0.25, -0.2) is 0 Å². The zero-order chi connectivity index (χ0) is 34.6. The van der Waals surface area contributed by atoms with Crippen molar-refractivity contribution in [3.05, 3.63) is 181 Å². The van der Waals surface area contributed by atoms with Gasteiger partial charge in [-0.15, -0.1) is 22.7 Å². The molecule has 0 aliphatic heterocycles. The normalized spacial score (nSPS) is 11.4. The van der Waals surface area contributed by atoms with E-state index in [1.54, 1.807) is 0 Å². The first-order valence-electron chi connectivity index (χ1n) is 17.4. The van der Waals surface area contributed by atoms with E-state index in [4.69, 9.17) is 0 Å². The van der Waals surface area contributed by atoms with Crippen LogP contribution in [0.4, 0.5) is 0 Å². The van der Waals surface area contributed by atoms with E-state index in [9.17, 15) is 5.26 Å². The van der Waals surface area contributed by atoms with Gasteiger partial charge < -0.3 is 0 Å². The van der Waals surface area contributed by atoms with Gasteiger partial charge in [0.15, 0.2) is 0 Å². The third kappa shape index (κ3) is 5.20. The zero-order valence-electron chi connectivity index (χ0n) is 28.0. The fourth-order valence-electron chi connectivity index (χ4n) is 7.56. The highest BCUT2D eigenvalue weighted by molar-refractivity contribution is 7.26. The lowest BCUT2D eigenvalue weighted by molar-refractivity contribution is 1.48. The van der Waals surface area contributed by atoms with E-state index >= 15 is 0 Å². The van der Waals surface area contributed by atoms with E-state index in [1.165, 1.54) is 68.2 Å². The molecular formula is C49H29NS2. The summed E-state index contributed by atoms with van der Waals surface area (Å²) in [7, 11) is 0. The molecule has 52 heavy (non-hydrogen) atoms. The molecule has 10 aromatic rings. The van der Waals surface area contributed by atoms with Crippen LogP contribution in [0, 0.1) is 11.3 Å². The Kier molecular flexibility index (Phi) is 7.32. The van der Waals surface area contributed by atoms with Crippen LogP contribution in [0.3, 0.4) is 0 Å². The summed E-state index contributed by atoms with van der Waals surface area (Å²) in [6.07, 6.45) is 0. The quantitative estimate of drug-likeness (QED) is 0.176. The Hall–Kier alpha value is -6.31. The van der Waals surface area contributed by atoms with Crippen molar-refractivity contribution in [3.63, 3.8) is 0 Å². The fourth-order valence-corrected chi connectivity index (χ4v) is 10.0. The highest BCUT2D eigenvalue weighted by Gasteiger charge is 2.14. The van der Waals surface area contributed by atoms with Crippen LogP contribution in [-0.2, 0) is 0 Å². The molecule has 8 aromatic carbocycles. The maximum atomic E-state index is 10.1. The monoisotopic (exact) mass is 695 g/mol. The van der Waals surface area contributed by atoms with E-state index in [0.717, 1.165) is 27.8 Å². The van der Waals surface area contributed by atoms with Crippen LogP contribution in [0.25, 0.3) is 96.0 Å². The van der Waals surface area contributed by atoms with E-state index in [1.807, 2.05) is 34.8 Å². The van der Waals surface area contributed by atoms with Crippen molar-refractivity contribution >= 4 is 63.0 Å². The predicted octanol–water partition coefficient (Wildman–Crippen LogP) is 14.6. The summed E-state index contributed by atoms with van der Waals surface area (Å²) in [6.45, 7) is 0. The SMILES string of the molecule is N#Cc1cc(-c2ccc(-c3cccc(-c4cccc5c4sc4ccccc45)c3)cc2)cc(-c2cccc(-c3cccc4c3sc3ccccc34)c2)c1. The van der Waals surface area contributed by atoms with Crippen LogP contribution in [-0.4, -0.2) is 0 Å². The maximum Gasteiger partial charge on any atom is 0.0992 e. The molecule has 0 spiro atoms.